The number of amides is 1. The summed E-state index contributed by atoms with van der Waals surface area (Å²) in [5, 5.41) is 3.14. The van der Waals surface area contributed by atoms with Crippen LogP contribution in [0.5, 0.6) is 0 Å². The van der Waals surface area contributed by atoms with Crippen molar-refractivity contribution >= 4 is 24.3 Å². The molecule has 0 fully saturated rings. The predicted octanol–water partition coefficient (Wildman–Crippen LogP) is -0.0981. The smallest absolute Gasteiger partial charge is 0.325 e. The van der Waals surface area contributed by atoms with Crippen molar-refractivity contribution in [1.82, 2.24) is 10.2 Å². The van der Waals surface area contributed by atoms with Crippen molar-refractivity contribution in [3.05, 3.63) is 23.5 Å². The molecule has 1 aliphatic heterocycles. The molecule has 0 radical (unpaired) electrons. The number of halogens is 1. The second-order valence-electron chi connectivity index (χ2n) is 4.29. The Kier molecular flexibility index (Phi) is 5.38. The molecule has 0 saturated carbocycles. The summed E-state index contributed by atoms with van der Waals surface area (Å²) >= 11 is 0. The Morgan fingerprint density at radius 2 is 2.37 bits per heavy atom. The highest BCUT2D eigenvalue weighted by atomic mass is 35.5. The number of hydrogen-bond donors (Lipinski definition) is 2. The Bertz CT molecular complexity index is 434. The first kappa shape index (κ1) is 15.5. The van der Waals surface area contributed by atoms with Gasteiger partial charge in [-0.15, -0.1) is 12.4 Å². The van der Waals surface area contributed by atoms with E-state index in [0.717, 1.165) is 17.8 Å². The standard InChI is InChI=1S/C12H17N3O3.ClH/c1-18-11(16)7-15-10-5-3-2-4-9(10)14-6-8(13)12(15)17;/h2,4,8,14H,3,5-7,13H2,1H3;1H/t8-;/m0./s1. The van der Waals surface area contributed by atoms with Crippen molar-refractivity contribution in [2.75, 3.05) is 20.2 Å². The van der Waals surface area contributed by atoms with E-state index in [2.05, 4.69) is 10.1 Å². The zero-order chi connectivity index (χ0) is 13.1. The number of nitrogens with one attached hydrogen (secondary N) is 1. The summed E-state index contributed by atoms with van der Waals surface area (Å²) < 4.78 is 4.62. The summed E-state index contributed by atoms with van der Waals surface area (Å²) in [4.78, 5) is 25.0. The van der Waals surface area contributed by atoms with E-state index in [1.54, 1.807) is 0 Å². The summed E-state index contributed by atoms with van der Waals surface area (Å²) in [6.07, 6.45) is 5.52. The molecule has 1 heterocycles. The molecule has 1 atom stereocenters. The number of esters is 1. The van der Waals surface area contributed by atoms with Crippen LogP contribution in [-0.4, -0.2) is 43.0 Å². The molecule has 19 heavy (non-hydrogen) atoms. The zero-order valence-corrected chi connectivity index (χ0v) is 11.5. The van der Waals surface area contributed by atoms with Crippen LogP contribution in [0.15, 0.2) is 23.5 Å². The minimum absolute atomic E-state index is 0. The van der Waals surface area contributed by atoms with Crippen LogP contribution in [0.3, 0.4) is 0 Å². The van der Waals surface area contributed by atoms with Gasteiger partial charge in [-0.1, -0.05) is 6.08 Å². The van der Waals surface area contributed by atoms with Gasteiger partial charge in [0, 0.05) is 12.2 Å². The van der Waals surface area contributed by atoms with Crippen molar-refractivity contribution in [2.24, 2.45) is 5.73 Å². The van der Waals surface area contributed by atoms with Crippen molar-refractivity contribution in [3.8, 4) is 0 Å². The number of ether oxygens (including phenoxy) is 1. The fourth-order valence-electron chi connectivity index (χ4n) is 2.10. The highest BCUT2D eigenvalue weighted by Crippen LogP contribution is 2.23. The van der Waals surface area contributed by atoms with E-state index < -0.39 is 12.0 Å². The molecule has 0 bridgehead atoms. The third-order valence-corrected chi connectivity index (χ3v) is 3.08. The fraction of sp³-hybridized carbons (Fsp3) is 0.500. The largest absolute Gasteiger partial charge is 0.468 e. The molecular weight excluding hydrogens is 270 g/mol. The van der Waals surface area contributed by atoms with Crippen molar-refractivity contribution in [1.29, 1.82) is 0 Å². The average Bonchev–Trinajstić information content (AvgIpc) is 2.51. The van der Waals surface area contributed by atoms with E-state index in [4.69, 9.17) is 5.73 Å². The summed E-state index contributed by atoms with van der Waals surface area (Å²) in [5.41, 5.74) is 7.47. The Labute approximate surface area is 118 Å². The van der Waals surface area contributed by atoms with E-state index in [0.29, 0.717) is 13.0 Å². The van der Waals surface area contributed by atoms with E-state index in [1.807, 2.05) is 12.2 Å². The molecule has 0 spiro atoms. The molecule has 6 nitrogen and oxygen atoms in total. The van der Waals surface area contributed by atoms with Crippen LogP contribution in [-0.2, 0) is 14.3 Å². The number of hydrogen-bond acceptors (Lipinski definition) is 5. The lowest BCUT2D eigenvalue weighted by Crippen LogP contribution is -2.47. The molecule has 1 aliphatic carbocycles. The summed E-state index contributed by atoms with van der Waals surface area (Å²) in [6, 6.07) is -0.645. The minimum Gasteiger partial charge on any atom is -0.468 e. The molecule has 0 unspecified atom stereocenters. The van der Waals surface area contributed by atoms with Crippen molar-refractivity contribution < 1.29 is 14.3 Å². The van der Waals surface area contributed by atoms with Crippen molar-refractivity contribution in [3.63, 3.8) is 0 Å². The van der Waals surface area contributed by atoms with E-state index in [9.17, 15) is 9.59 Å². The lowest BCUT2D eigenvalue weighted by Gasteiger charge is -2.26. The number of rotatable bonds is 2. The molecule has 7 heteroatoms. The van der Waals surface area contributed by atoms with Crippen LogP contribution >= 0.6 is 12.4 Å². The van der Waals surface area contributed by atoms with Gasteiger partial charge in [0.15, 0.2) is 0 Å². The third-order valence-electron chi connectivity index (χ3n) is 3.08. The Morgan fingerprint density at radius 1 is 1.63 bits per heavy atom. The van der Waals surface area contributed by atoms with Gasteiger partial charge in [-0.3, -0.25) is 9.59 Å². The quantitative estimate of drug-likeness (QED) is 0.693. The van der Waals surface area contributed by atoms with Crippen LogP contribution in [0, 0.1) is 0 Å². The highest BCUT2D eigenvalue weighted by Gasteiger charge is 2.31. The van der Waals surface area contributed by atoms with Crippen molar-refractivity contribution in [2.45, 2.75) is 18.9 Å². The molecule has 1 amide bonds. The number of carbonyl (C=O) groups is 2. The van der Waals surface area contributed by atoms with Gasteiger partial charge in [0.1, 0.15) is 12.6 Å². The van der Waals surface area contributed by atoms with Gasteiger partial charge in [0.05, 0.1) is 12.8 Å². The summed E-state index contributed by atoms with van der Waals surface area (Å²) in [6.45, 7) is 0.289. The van der Waals surface area contributed by atoms with Crippen LogP contribution < -0.4 is 11.1 Å². The van der Waals surface area contributed by atoms with Gasteiger partial charge in [-0.25, -0.2) is 0 Å². The SMILES string of the molecule is COC(=O)CN1C(=O)[C@@H](N)CNC2=C1CCC=C2.Cl. The average molecular weight is 288 g/mol. The molecule has 0 aromatic carbocycles. The Morgan fingerprint density at radius 3 is 3.05 bits per heavy atom. The van der Waals surface area contributed by atoms with Gasteiger partial charge in [0.2, 0.25) is 5.91 Å². The molecule has 0 aromatic heterocycles. The maximum atomic E-state index is 12.1. The van der Waals surface area contributed by atoms with Crippen LogP contribution in [0.2, 0.25) is 0 Å². The molecule has 2 aliphatic rings. The van der Waals surface area contributed by atoms with E-state index in [1.165, 1.54) is 12.0 Å². The van der Waals surface area contributed by atoms with Crippen LogP contribution in [0.4, 0.5) is 0 Å². The van der Waals surface area contributed by atoms with Gasteiger partial charge in [0.25, 0.3) is 0 Å². The second kappa shape index (κ2) is 6.58. The monoisotopic (exact) mass is 287 g/mol. The number of nitrogens with two attached hydrogens (primary N) is 1. The summed E-state index contributed by atoms with van der Waals surface area (Å²) in [7, 11) is 1.30. The van der Waals surface area contributed by atoms with Gasteiger partial charge < -0.3 is 20.7 Å². The normalized spacial score (nSPS) is 22.1. The first-order valence-electron chi connectivity index (χ1n) is 5.91. The lowest BCUT2D eigenvalue weighted by molar-refractivity contribution is -0.146. The topological polar surface area (TPSA) is 84.7 Å². The summed E-state index contributed by atoms with van der Waals surface area (Å²) in [5.74, 6) is -0.688. The maximum absolute atomic E-state index is 12.1. The van der Waals surface area contributed by atoms with Gasteiger partial charge in [-0.05, 0) is 18.9 Å². The molecule has 3 N–H and O–H groups in total. The number of methoxy groups -OCH3 is 1. The van der Waals surface area contributed by atoms with Crippen LogP contribution in [0.25, 0.3) is 0 Å². The molecule has 2 rings (SSSR count). The highest BCUT2D eigenvalue weighted by molar-refractivity contribution is 5.88. The first-order valence-corrected chi connectivity index (χ1v) is 5.91. The van der Waals surface area contributed by atoms with Crippen LogP contribution in [0.1, 0.15) is 12.8 Å². The lowest BCUT2D eigenvalue weighted by atomic mass is 10.1. The molecule has 106 valence electrons. The number of nitrogens with zero attached hydrogens (tertiary/aromatic N) is 1. The van der Waals surface area contributed by atoms with E-state index in [-0.39, 0.29) is 24.9 Å². The number of carbonyl (C=O) groups excluding carboxylic acids is 2. The molecular formula is C12H18ClN3O3. The fourth-order valence-corrected chi connectivity index (χ4v) is 2.10. The third kappa shape index (κ3) is 3.27. The number of allylic oxidation sites excluding steroid dienone is 3. The zero-order valence-electron chi connectivity index (χ0n) is 10.7. The predicted molar refractivity (Wildman–Crippen MR) is 72.4 cm³/mol. The minimum atomic E-state index is -0.645. The second-order valence-corrected chi connectivity index (χ2v) is 4.29. The molecule has 0 saturated heterocycles. The van der Waals surface area contributed by atoms with Gasteiger partial charge in [-0.2, -0.15) is 0 Å². The molecule has 0 aromatic rings. The first-order chi connectivity index (χ1) is 8.63. The Hall–Kier alpha value is -1.53. The van der Waals surface area contributed by atoms with Gasteiger partial charge >= 0.3 is 5.97 Å². The maximum Gasteiger partial charge on any atom is 0.325 e. The Balaban J connectivity index is 0.00000180. The van der Waals surface area contributed by atoms with E-state index >= 15 is 0 Å².